The third-order valence-electron chi connectivity index (χ3n) is 4.38. The van der Waals surface area contributed by atoms with Crippen molar-refractivity contribution in [2.75, 3.05) is 0 Å². The second-order valence-corrected chi connectivity index (χ2v) is 5.23. The lowest BCUT2D eigenvalue weighted by atomic mass is 9.88. The van der Waals surface area contributed by atoms with Crippen LogP contribution in [0.15, 0.2) is 48.1 Å². The lowest BCUT2D eigenvalue weighted by Gasteiger charge is -2.16. The first-order valence-electron chi connectivity index (χ1n) is 6.59. The first-order valence-corrected chi connectivity index (χ1v) is 6.59. The quantitative estimate of drug-likeness (QED) is 0.569. The van der Waals surface area contributed by atoms with Crippen molar-refractivity contribution < 1.29 is 0 Å². The number of hydrogen-bond acceptors (Lipinski definition) is 0. The Morgan fingerprint density at radius 1 is 0.882 bits per heavy atom. The fourth-order valence-corrected chi connectivity index (χ4v) is 3.64. The second-order valence-electron chi connectivity index (χ2n) is 5.23. The van der Waals surface area contributed by atoms with Crippen molar-refractivity contribution in [3.63, 3.8) is 0 Å². The van der Waals surface area contributed by atoms with Gasteiger partial charge in [-0.05, 0) is 47.9 Å². The molecular weight excluding hydrogens is 204 g/mol. The predicted molar refractivity (Wildman–Crippen MR) is 71.9 cm³/mol. The molecule has 1 unspecified atom stereocenters. The zero-order valence-corrected chi connectivity index (χ0v) is 9.95. The Balaban J connectivity index is 1.97. The Morgan fingerprint density at radius 2 is 1.76 bits per heavy atom. The number of rotatable bonds is 0. The molecule has 0 heteroatoms. The van der Waals surface area contributed by atoms with E-state index >= 15 is 0 Å². The zero-order chi connectivity index (χ0) is 11.2. The summed E-state index contributed by atoms with van der Waals surface area (Å²) in [7, 11) is 0. The Hall–Kier alpha value is -1.56. The maximum atomic E-state index is 2.38. The summed E-state index contributed by atoms with van der Waals surface area (Å²) in [5.74, 6) is 0.680. The Kier molecular flexibility index (Phi) is 1.93. The molecule has 0 aliphatic heterocycles. The average molecular weight is 220 g/mol. The highest BCUT2D eigenvalue weighted by Gasteiger charge is 2.32. The number of allylic oxidation sites excluding steroid dienone is 6. The number of hydrogen-bond donors (Lipinski definition) is 0. The average Bonchev–Trinajstić information content (AvgIpc) is 2.56. The molecule has 0 amide bonds. The fourth-order valence-electron chi connectivity index (χ4n) is 3.64. The first kappa shape index (κ1) is 9.47. The van der Waals surface area contributed by atoms with Gasteiger partial charge in [-0.2, -0.15) is 0 Å². The topological polar surface area (TPSA) is 0 Å². The molecule has 0 nitrogen and oxygen atoms in total. The van der Waals surface area contributed by atoms with E-state index in [1.165, 1.54) is 12.8 Å². The normalized spacial score (nSPS) is 24.6. The highest BCUT2D eigenvalue weighted by Crippen LogP contribution is 2.50. The third-order valence-corrected chi connectivity index (χ3v) is 4.38. The van der Waals surface area contributed by atoms with Crippen molar-refractivity contribution in [2.45, 2.75) is 31.6 Å². The summed E-state index contributed by atoms with van der Waals surface area (Å²) < 4.78 is 0. The Bertz CT molecular complexity index is 570. The minimum absolute atomic E-state index is 0.680. The van der Waals surface area contributed by atoms with Gasteiger partial charge in [0.1, 0.15) is 0 Å². The van der Waals surface area contributed by atoms with Gasteiger partial charge in [-0.15, -0.1) is 0 Å². The molecule has 0 heterocycles. The largest absolute Gasteiger partial charge is 0.0873 e. The van der Waals surface area contributed by atoms with E-state index in [0.29, 0.717) is 5.92 Å². The smallest absolute Gasteiger partial charge is 0.0101 e. The molecule has 0 aromatic heterocycles. The van der Waals surface area contributed by atoms with Crippen LogP contribution in [-0.2, 0) is 6.42 Å². The molecule has 0 spiro atoms. The summed E-state index contributed by atoms with van der Waals surface area (Å²) >= 11 is 0. The van der Waals surface area contributed by atoms with Crippen LogP contribution < -0.4 is 0 Å². The van der Waals surface area contributed by atoms with Gasteiger partial charge in [-0.25, -0.2) is 0 Å². The van der Waals surface area contributed by atoms with Gasteiger partial charge in [0.05, 0.1) is 0 Å². The SMILES string of the molecule is C1=CCC2=C(C1)c1cccc3c1C2CC=CC3. The molecule has 3 aliphatic rings. The van der Waals surface area contributed by atoms with E-state index in [9.17, 15) is 0 Å². The van der Waals surface area contributed by atoms with Gasteiger partial charge in [0.25, 0.3) is 0 Å². The lowest BCUT2D eigenvalue weighted by Crippen LogP contribution is -2.00. The predicted octanol–water partition coefficient (Wildman–Crippen LogP) is 4.39. The van der Waals surface area contributed by atoms with E-state index in [0.717, 1.165) is 12.8 Å². The zero-order valence-electron chi connectivity index (χ0n) is 9.95. The van der Waals surface area contributed by atoms with E-state index in [1.54, 1.807) is 27.8 Å². The first-order chi connectivity index (χ1) is 8.45. The van der Waals surface area contributed by atoms with Gasteiger partial charge in [-0.1, -0.05) is 48.1 Å². The monoisotopic (exact) mass is 220 g/mol. The second kappa shape index (κ2) is 3.46. The van der Waals surface area contributed by atoms with Gasteiger partial charge >= 0.3 is 0 Å². The van der Waals surface area contributed by atoms with Crippen LogP contribution in [0.25, 0.3) is 5.57 Å². The Labute approximate surface area is 102 Å². The number of fused-ring (bicyclic) bond motifs is 2. The van der Waals surface area contributed by atoms with Crippen LogP contribution >= 0.6 is 0 Å². The van der Waals surface area contributed by atoms with Crippen molar-refractivity contribution in [2.24, 2.45) is 0 Å². The molecule has 0 fully saturated rings. The maximum Gasteiger partial charge on any atom is 0.0101 e. The van der Waals surface area contributed by atoms with Crippen molar-refractivity contribution in [3.8, 4) is 0 Å². The van der Waals surface area contributed by atoms with Crippen molar-refractivity contribution in [1.82, 2.24) is 0 Å². The molecule has 1 atom stereocenters. The standard InChI is InChI=1S/C17H16/c1-2-10-15-13-8-3-4-9-14(13)16-11-5-7-12(6-1)17(15)16/h1-5,7,11,15H,6,8-10H2. The summed E-state index contributed by atoms with van der Waals surface area (Å²) in [6.07, 6.45) is 14.0. The molecular formula is C17H16. The summed E-state index contributed by atoms with van der Waals surface area (Å²) in [4.78, 5) is 0. The molecule has 0 saturated carbocycles. The molecule has 0 radical (unpaired) electrons. The summed E-state index contributed by atoms with van der Waals surface area (Å²) in [6, 6.07) is 6.88. The van der Waals surface area contributed by atoms with Crippen molar-refractivity contribution in [1.29, 1.82) is 0 Å². The van der Waals surface area contributed by atoms with E-state index in [1.807, 2.05) is 0 Å². The molecule has 1 aromatic carbocycles. The maximum absolute atomic E-state index is 2.38. The van der Waals surface area contributed by atoms with Crippen LogP contribution in [0, 0.1) is 0 Å². The van der Waals surface area contributed by atoms with Crippen LogP contribution in [-0.4, -0.2) is 0 Å². The van der Waals surface area contributed by atoms with Gasteiger partial charge in [-0.3, -0.25) is 0 Å². The molecule has 0 N–H and O–H groups in total. The molecule has 0 bridgehead atoms. The molecule has 4 rings (SSSR count). The van der Waals surface area contributed by atoms with Crippen LogP contribution in [0.2, 0.25) is 0 Å². The summed E-state index contributed by atoms with van der Waals surface area (Å²) in [5.41, 5.74) is 8.07. The highest BCUT2D eigenvalue weighted by molar-refractivity contribution is 5.81. The molecule has 0 saturated heterocycles. The number of benzene rings is 1. The Morgan fingerprint density at radius 3 is 2.76 bits per heavy atom. The van der Waals surface area contributed by atoms with E-state index < -0.39 is 0 Å². The minimum Gasteiger partial charge on any atom is -0.0873 e. The van der Waals surface area contributed by atoms with E-state index in [4.69, 9.17) is 0 Å². The van der Waals surface area contributed by atoms with E-state index in [-0.39, 0.29) is 0 Å². The molecule has 84 valence electrons. The van der Waals surface area contributed by atoms with Gasteiger partial charge in [0.15, 0.2) is 0 Å². The molecule has 1 aromatic rings. The van der Waals surface area contributed by atoms with Gasteiger partial charge in [0, 0.05) is 5.92 Å². The summed E-state index contributed by atoms with van der Waals surface area (Å²) in [6.45, 7) is 0. The molecule has 17 heavy (non-hydrogen) atoms. The van der Waals surface area contributed by atoms with Crippen molar-refractivity contribution >= 4 is 5.57 Å². The van der Waals surface area contributed by atoms with E-state index in [2.05, 4.69) is 42.5 Å². The lowest BCUT2D eigenvalue weighted by molar-refractivity contribution is 0.802. The minimum atomic E-state index is 0.680. The highest BCUT2D eigenvalue weighted by atomic mass is 14.4. The van der Waals surface area contributed by atoms with Gasteiger partial charge < -0.3 is 0 Å². The fraction of sp³-hybridized carbons (Fsp3) is 0.294. The van der Waals surface area contributed by atoms with Crippen LogP contribution in [0.1, 0.15) is 41.9 Å². The van der Waals surface area contributed by atoms with Crippen LogP contribution in [0.3, 0.4) is 0 Å². The summed E-state index contributed by atoms with van der Waals surface area (Å²) in [5, 5.41) is 0. The molecule has 3 aliphatic carbocycles. The van der Waals surface area contributed by atoms with Crippen LogP contribution in [0.4, 0.5) is 0 Å². The van der Waals surface area contributed by atoms with Crippen LogP contribution in [0.5, 0.6) is 0 Å². The van der Waals surface area contributed by atoms with Gasteiger partial charge in [0.2, 0.25) is 0 Å². The third kappa shape index (κ3) is 1.24. The van der Waals surface area contributed by atoms with Crippen molar-refractivity contribution in [3.05, 3.63) is 64.8 Å².